The fraction of sp³-hybridized carbons (Fsp3) is 0.545. The van der Waals surface area contributed by atoms with E-state index in [4.69, 9.17) is 4.42 Å². The first-order valence-corrected chi connectivity index (χ1v) is 5.00. The van der Waals surface area contributed by atoms with Crippen LogP contribution in [-0.2, 0) is 11.2 Å². The minimum atomic E-state index is -0.308. The molecule has 3 heteroatoms. The predicted molar refractivity (Wildman–Crippen MR) is 53.1 cm³/mol. The van der Waals surface area contributed by atoms with Gasteiger partial charge in [-0.1, -0.05) is 0 Å². The van der Waals surface area contributed by atoms with E-state index >= 15 is 0 Å². The molecule has 2 rings (SSSR count). The van der Waals surface area contributed by atoms with Crippen molar-refractivity contribution in [2.45, 2.75) is 31.7 Å². The van der Waals surface area contributed by atoms with Gasteiger partial charge < -0.3 is 9.73 Å². The van der Waals surface area contributed by atoms with E-state index in [-0.39, 0.29) is 11.3 Å². The summed E-state index contributed by atoms with van der Waals surface area (Å²) < 4.78 is 4.94. The summed E-state index contributed by atoms with van der Waals surface area (Å²) in [5.74, 6) is 0.261. The van der Waals surface area contributed by atoms with E-state index in [1.54, 1.807) is 12.5 Å². The third-order valence-corrected chi connectivity index (χ3v) is 2.93. The number of hydrogen-bond acceptors (Lipinski definition) is 3. The van der Waals surface area contributed by atoms with Crippen molar-refractivity contribution in [3.63, 3.8) is 0 Å². The van der Waals surface area contributed by atoms with Gasteiger partial charge in [0.25, 0.3) is 0 Å². The summed E-state index contributed by atoms with van der Waals surface area (Å²) in [4.78, 5) is 11.9. The van der Waals surface area contributed by atoms with Crippen LogP contribution in [0.25, 0.3) is 0 Å². The Hall–Kier alpha value is -1.09. The van der Waals surface area contributed by atoms with Gasteiger partial charge in [0, 0.05) is 6.42 Å². The van der Waals surface area contributed by atoms with Crippen LogP contribution in [0.1, 0.15) is 25.3 Å². The van der Waals surface area contributed by atoms with Gasteiger partial charge in [-0.25, -0.2) is 0 Å². The normalized spacial score (nSPS) is 26.6. The molecule has 1 aliphatic rings. The Kier molecular flexibility index (Phi) is 2.42. The van der Waals surface area contributed by atoms with Crippen molar-refractivity contribution in [3.05, 3.63) is 24.2 Å². The number of hydrogen-bond donors (Lipinski definition) is 1. The predicted octanol–water partition coefficient (Wildman–Crippen LogP) is 1.53. The Morgan fingerprint density at radius 3 is 3.14 bits per heavy atom. The molecule has 1 atom stereocenters. The smallest absolute Gasteiger partial charge is 0.157 e. The maximum absolute atomic E-state index is 11.9. The lowest BCUT2D eigenvalue weighted by Gasteiger charge is -2.22. The number of rotatable bonds is 3. The van der Waals surface area contributed by atoms with Crippen LogP contribution in [0, 0.1) is 0 Å². The van der Waals surface area contributed by atoms with Gasteiger partial charge in [0.1, 0.15) is 0 Å². The standard InChI is InChI=1S/C11H15NO2/c1-11(4-2-5-12-11)10(13)7-9-3-6-14-8-9/h3,6,8,12H,2,4-5,7H2,1H3. The van der Waals surface area contributed by atoms with E-state index in [1.807, 2.05) is 13.0 Å². The van der Waals surface area contributed by atoms with Gasteiger partial charge in [0.05, 0.1) is 18.1 Å². The molecule has 0 aromatic carbocycles. The van der Waals surface area contributed by atoms with Gasteiger partial charge in [-0.3, -0.25) is 4.79 Å². The lowest BCUT2D eigenvalue weighted by atomic mass is 9.91. The first-order chi connectivity index (χ1) is 6.71. The third kappa shape index (κ3) is 1.73. The zero-order valence-corrected chi connectivity index (χ0v) is 8.38. The maximum Gasteiger partial charge on any atom is 0.157 e. The van der Waals surface area contributed by atoms with E-state index in [2.05, 4.69) is 5.32 Å². The molecular weight excluding hydrogens is 178 g/mol. The van der Waals surface area contributed by atoms with Gasteiger partial charge in [-0.05, 0) is 37.9 Å². The molecule has 1 saturated heterocycles. The Balaban J connectivity index is 2.02. The lowest BCUT2D eigenvalue weighted by Crippen LogP contribution is -2.45. The van der Waals surface area contributed by atoms with Crippen molar-refractivity contribution >= 4 is 5.78 Å². The molecule has 3 nitrogen and oxygen atoms in total. The molecule has 0 radical (unpaired) electrons. The highest BCUT2D eigenvalue weighted by molar-refractivity contribution is 5.90. The molecule has 76 valence electrons. The molecule has 1 aromatic rings. The second kappa shape index (κ2) is 3.58. The van der Waals surface area contributed by atoms with Crippen molar-refractivity contribution in [1.82, 2.24) is 5.32 Å². The first kappa shape index (κ1) is 9.46. The Labute approximate surface area is 83.5 Å². The number of furan rings is 1. The van der Waals surface area contributed by atoms with Crippen molar-refractivity contribution in [1.29, 1.82) is 0 Å². The molecule has 0 bridgehead atoms. The van der Waals surface area contributed by atoms with Gasteiger partial charge >= 0.3 is 0 Å². The van der Waals surface area contributed by atoms with Crippen molar-refractivity contribution in [2.75, 3.05) is 6.54 Å². The topological polar surface area (TPSA) is 42.2 Å². The van der Waals surface area contributed by atoms with E-state index in [9.17, 15) is 4.79 Å². The van der Waals surface area contributed by atoms with Gasteiger partial charge in [0.2, 0.25) is 0 Å². The van der Waals surface area contributed by atoms with Crippen molar-refractivity contribution in [2.24, 2.45) is 0 Å². The largest absolute Gasteiger partial charge is 0.472 e. The van der Waals surface area contributed by atoms with Crippen LogP contribution in [0.4, 0.5) is 0 Å². The van der Waals surface area contributed by atoms with Crippen LogP contribution in [-0.4, -0.2) is 17.9 Å². The highest BCUT2D eigenvalue weighted by Crippen LogP contribution is 2.21. The van der Waals surface area contributed by atoms with Gasteiger partial charge in [-0.2, -0.15) is 0 Å². The van der Waals surface area contributed by atoms with E-state index in [0.29, 0.717) is 6.42 Å². The molecule has 1 aromatic heterocycles. The second-order valence-electron chi connectivity index (χ2n) is 4.09. The van der Waals surface area contributed by atoms with Crippen LogP contribution in [0.5, 0.6) is 0 Å². The Morgan fingerprint density at radius 2 is 2.57 bits per heavy atom. The molecule has 1 aliphatic heterocycles. The average molecular weight is 193 g/mol. The van der Waals surface area contributed by atoms with Gasteiger partial charge in [0.15, 0.2) is 5.78 Å². The highest BCUT2D eigenvalue weighted by Gasteiger charge is 2.35. The third-order valence-electron chi connectivity index (χ3n) is 2.93. The maximum atomic E-state index is 11.9. The molecule has 0 saturated carbocycles. The first-order valence-electron chi connectivity index (χ1n) is 5.00. The zero-order valence-electron chi connectivity index (χ0n) is 8.38. The summed E-state index contributed by atoms with van der Waals surface area (Å²) in [6, 6.07) is 1.84. The van der Waals surface area contributed by atoms with E-state index in [0.717, 1.165) is 24.9 Å². The highest BCUT2D eigenvalue weighted by atomic mass is 16.3. The minimum absolute atomic E-state index is 0.261. The molecule has 1 fully saturated rings. The fourth-order valence-electron chi connectivity index (χ4n) is 1.91. The molecule has 1 unspecified atom stereocenters. The van der Waals surface area contributed by atoms with Crippen LogP contribution in [0.3, 0.4) is 0 Å². The molecule has 0 amide bonds. The summed E-state index contributed by atoms with van der Waals surface area (Å²) in [6.45, 7) is 2.94. The monoisotopic (exact) mass is 193 g/mol. The van der Waals surface area contributed by atoms with Gasteiger partial charge in [-0.15, -0.1) is 0 Å². The fourth-order valence-corrected chi connectivity index (χ4v) is 1.91. The lowest BCUT2D eigenvalue weighted by molar-refractivity contribution is -0.123. The number of carbonyl (C=O) groups is 1. The summed E-state index contributed by atoms with van der Waals surface area (Å²) in [6.07, 6.45) is 5.75. The quantitative estimate of drug-likeness (QED) is 0.791. The van der Waals surface area contributed by atoms with Crippen molar-refractivity contribution in [3.8, 4) is 0 Å². The minimum Gasteiger partial charge on any atom is -0.472 e. The van der Waals surface area contributed by atoms with Crippen LogP contribution >= 0.6 is 0 Å². The van der Waals surface area contributed by atoms with Crippen molar-refractivity contribution < 1.29 is 9.21 Å². The SMILES string of the molecule is CC1(C(=O)Cc2ccoc2)CCCN1. The second-order valence-corrected chi connectivity index (χ2v) is 4.09. The van der Waals surface area contributed by atoms with E-state index in [1.165, 1.54) is 0 Å². The Bertz CT molecular complexity index is 310. The number of carbonyl (C=O) groups excluding carboxylic acids is 1. The van der Waals surface area contributed by atoms with Crippen LogP contribution < -0.4 is 5.32 Å². The molecular formula is C11H15NO2. The number of Topliss-reactive ketones (excluding diaryl/α,β-unsaturated/α-hetero) is 1. The summed E-state index contributed by atoms with van der Waals surface area (Å²) >= 11 is 0. The molecule has 14 heavy (non-hydrogen) atoms. The Morgan fingerprint density at radius 1 is 1.71 bits per heavy atom. The number of ketones is 1. The molecule has 0 spiro atoms. The zero-order chi connectivity index (χ0) is 10.0. The van der Waals surface area contributed by atoms with E-state index < -0.39 is 0 Å². The number of nitrogens with one attached hydrogen (secondary N) is 1. The average Bonchev–Trinajstić information content (AvgIpc) is 2.76. The molecule has 1 N–H and O–H groups in total. The van der Waals surface area contributed by atoms with Crippen LogP contribution in [0.15, 0.2) is 23.0 Å². The molecule has 0 aliphatic carbocycles. The summed E-state index contributed by atoms with van der Waals surface area (Å²) in [5.41, 5.74) is 0.655. The summed E-state index contributed by atoms with van der Waals surface area (Å²) in [7, 11) is 0. The molecule has 2 heterocycles. The van der Waals surface area contributed by atoms with Crippen LogP contribution in [0.2, 0.25) is 0 Å². The summed E-state index contributed by atoms with van der Waals surface area (Å²) in [5, 5.41) is 3.27.